The number of alkyl halides is 3. The Labute approximate surface area is 181 Å². The van der Waals surface area contributed by atoms with Crippen molar-refractivity contribution in [1.29, 1.82) is 0 Å². The van der Waals surface area contributed by atoms with Crippen LogP contribution in [0, 0.1) is 17.8 Å². The number of carbonyl (C=O) groups is 1. The van der Waals surface area contributed by atoms with Gasteiger partial charge in [-0.2, -0.15) is 13.2 Å². The maximum Gasteiger partial charge on any atom is 0.416 e. The topological polar surface area (TPSA) is 40.5 Å². The van der Waals surface area contributed by atoms with Crippen molar-refractivity contribution in [3.05, 3.63) is 58.8 Å². The zero-order chi connectivity index (χ0) is 22.0. The Bertz CT molecular complexity index is 874. The highest BCUT2D eigenvalue weighted by Gasteiger charge is 2.40. The van der Waals surface area contributed by atoms with Crippen molar-refractivity contribution in [2.24, 2.45) is 17.8 Å². The maximum atomic E-state index is 12.9. The average molecular weight is 434 g/mol. The normalized spacial score (nSPS) is 25.5. The van der Waals surface area contributed by atoms with Crippen molar-refractivity contribution >= 4 is 5.97 Å². The summed E-state index contributed by atoms with van der Waals surface area (Å²) in [7, 11) is 0. The van der Waals surface area contributed by atoms with E-state index in [1.807, 2.05) is 6.08 Å². The van der Waals surface area contributed by atoms with Gasteiger partial charge in [0.25, 0.3) is 0 Å². The Balaban J connectivity index is 1.37. The van der Waals surface area contributed by atoms with Crippen LogP contribution in [0.1, 0.15) is 56.1 Å². The number of hydrogen-bond acceptors (Lipinski definition) is 2. The van der Waals surface area contributed by atoms with Gasteiger partial charge in [0.05, 0.1) is 11.1 Å². The summed E-state index contributed by atoms with van der Waals surface area (Å²) in [6.07, 6.45) is 7.24. The Hall–Kier alpha value is -2.24. The lowest BCUT2D eigenvalue weighted by Gasteiger charge is -2.35. The minimum atomic E-state index is -4.33. The molecular formula is C25H30F3NO2. The summed E-state index contributed by atoms with van der Waals surface area (Å²) in [5.41, 5.74) is 1.32. The van der Waals surface area contributed by atoms with Crippen LogP contribution in [-0.4, -0.2) is 29.1 Å². The van der Waals surface area contributed by atoms with E-state index < -0.39 is 17.7 Å². The second kappa shape index (κ2) is 9.09. The number of allylic oxidation sites excluding steroid dienone is 1. The molecule has 3 unspecified atom stereocenters. The molecule has 1 N–H and O–H groups in total. The van der Waals surface area contributed by atoms with Gasteiger partial charge in [0.1, 0.15) is 0 Å². The number of aryl methyl sites for hydroxylation is 1. The molecule has 0 radical (unpaired) electrons. The highest BCUT2D eigenvalue weighted by molar-refractivity contribution is 5.91. The first kappa shape index (κ1) is 22.0. The van der Waals surface area contributed by atoms with Gasteiger partial charge in [-0.15, -0.1) is 0 Å². The van der Waals surface area contributed by atoms with E-state index in [1.165, 1.54) is 37.8 Å². The first-order valence-corrected chi connectivity index (χ1v) is 11.4. The summed E-state index contributed by atoms with van der Waals surface area (Å²) in [5, 5.41) is 9.69. The van der Waals surface area contributed by atoms with Crippen LogP contribution in [0.25, 0.3) is 0 Å². The minimum Gasteiger partial charge on any atom is -0.478 e. The fourth-order valence-electron chi connectivity index (χ4n) is 5.75. The molecule has 1 heterocycles. The van der Waals surface area contributed by atoms with Crippen molar-refractivity contribution in [3.8, 4) is 0 Å². The molecule has 3 nitrogen and oxygen atoms in total. The van der Waals surface area contributed by atoms with Crippen LogP contribution < -0.4 is 0 Å². The van der Waals surface area contributed by atoms with Crippen LogP contribution in [-0.2, 0) is 17.4 Å². The standard InChI is InChI=1S/C25H30F3NO2/c26-25(27,28)21-7-3-6-17(15-21)5-1-2-9-23-22(24(30)31)8-4-12-29(23)16-20-14-18-10-11-19(20)13-18/h3-4,6-8,15,18-20H,1-2,5,9-14,16H2,(H,30,31). The fourth-order valence-corrected chi connectivity index (χ4v) is 5.75. The lowest BCUT2D eigenvalue weighted by atomic mass is 9.87. The quantitative estimate of drug-likeness (QED) is 0.506. The summed E-state index contributed by atoms with van der Waals surface area (Å²) in [6.45, 7) is 1.67. The number of nitrogens with zero attached hydrogens (tertiary/aromatic N) is 1. The molecule has 0 amide bonds. The van der Waals surface area contributed by atoms with Gasteiger partial charge in [-0.25, -0.2) is 4.79 Å². The molecule has 2 saturated carbocycles. The van der Waals surface area contributed by atoms with E-state index in [4.69, 9.17) is 0 Å². The average Bonchev–Trinajstić information content (AvgIpc) is 3.34. The molecule has 31 heavy (non-hydrogen) atoms. The lowest BCUT2D eigenvalue weighted by Crippen LogP contribution is -2.34. The zero-order valence-corrected chi connectivity index (χ0v) is 17.7. The lowest BCUT2D eigenvalue weighted by molar-refractivity contribution is -0.137. The monoisotopic (exact) mass is 433 g/mol. The van der Waals surface area contributed by atoms with E-state index in [2.05, 4.69) is 4.90 Å². The van der Waals surface area contributed by atoms with Gasteiger partial charge in [0.2, 0.25) is 0 Å². The van der Waals surface area contributed by atoms with Crippen LogP contribution in [0.15, 0.2) is 47.7 Å². The first-order chi connectivity index (χ1) is 14.8. The van der Waals surface area contributed by atoms with E-state index >= 15 is 0 Å². The maximum absolute atomic E-state index is 12.9. The summed E-state index contributed by atoms with van der Waals surface area (Å²) < 4.78 is 38.7. The van der Waals surface area contributed by atoms with Crippen LogP contribution in [0.5, 0.6) is 0 Å². The summed E-state index contributed by atoms with van der Waals surface area (Å²) in [5.74, 6) is 1.39. The summed E-state index contributed by atoms with van der Waals surface area (Å²) in [6, 6.07) is 5.48. The number of halogens is 3. The van der Waals surface area contributed by atoms with Crippen molar-refractivity contribution in [2.75, 3.05) is 13.1 Å². The molecule has 168 valence electrons. The number of unbranched alkanes of at least 4 members (excludes halogenated alkanes) is 1. The predicted octanol–water partition coefficient (Wildman–Crippen LogP) is 6.06. The second-order valence-corrected chi connectivity index (χ2v) is 9.31. The molecule has 0 spiro atoms. The highest BCUT2D eigenvalue weighted by Crippen LogP contribution is 2.49. The molecule has 3 atom stereocenters. The minimum absolute atomic E-state index is 0.369. The van der Waals surface area contributed by atoms with Gasteiger partial charge in [0.15, 0.2) is 0 Å². The molecule has 1 aromatic carbocycles. The number of hydrogen-bond donors (Lipinski definition) is 1. The van der Waals surface area contributed by atoms with Gasteiger partial charge in [-0.3, -0.25) is 0 Å². The van der Waals surface area contributed by atoms with Crippen LogP contribution in [0.4, 0.5) is 13.2 Å². The van der Waals surface area contributed by atoms with Crippen molar-refractivity contribution in [3.63, 3.8) is 0 Å². The van der Waals surface area contributed by atoms with Crippen LogP contribution in [0.2, 0.25) is 0 Å². The van der Waals surface area contributed by atoms with Crippen LogP contribution in [0.3, 0.4) is 0 Å². The van der Waals surface area contributed by atoms with Gasteiger partial charge in [0, 0.05) is 18.8 Å². The molecular weight excluding hydrogens is 403 g/mol. The molecule has 4 rings (SSSR count). The molecule has 1 aliphatic heterocycles. The number of benzene rings is 1. The third-order valence-electron chi connectivity index (χ3n) is 7.26. The fraction of sp³-hybridized carbons (Fsp3) is 0.560. The SMILES string of the molecule is O=C(O)C1=C(CCCCc2cccc(C(F)(F)F)c2)N(CC2CC3CCC2C3)CC=C1. The van der Waals surface area contributed by atoms with E-state index in [-0.39, 0.29) is 0 Å². The highest BCUT2D eigenvalue weighted by atomic mass is 19.4. The van der Waals surface area contributed by atoms with E-state index in [9.17, 15) is 23.1 Å². The molecule has 2 bridgehead atoms. The number of fused-ring (bicyclic) bond motifs is 2. The molecule has 0 aromatic heterocycles. The predicted molar refractivity (Wildman–Crippen MR) is 113 cm³/mol. The third kappa shape index (κ3) is 5.16. The molecule has 0 saturated heterocycles. The Kier molecular flexibility index (Phi) is 6.44. The van der Waals surface area contributed by atoms with E-state index in [0.717, 1.165) is 49.5 Å². The molecule has 1 aromatic rings. The molecule has 2 aliphatic carbocycles. The van der Waals surface area contributed by atoms with Crippen LogP contribution >= 0.6 is 0 Å². The Morgan fingerprint density at radius 1 is 1.13 bits per heavy atom. The number of aliphatic carboxylic acids is 1. The number of carboxylic acid groups (broad SMARTS) is 1. The van der Waals surface area contributed by atoms with Crippen molar-refractivity contribution in [2.45, 2.75) is 57.5 Å². The van der Waals surface area contributed by atoms with Crippen molar-refractivity contribution < 1.29 is 23.1 Å². The zero-order valence-electron chi connectivity index (χ0n) is 17.7. The number of carboxylic acids is 1. The second-order valence-electron chi connectivity index (χ2n) is 9.31. The first-order valence-electron chi connectivity index (χ1n) is 11.4. The molecule has 3 aliphatic rings. The molecule has 6 heteroatoms. The largest absolute Gasteiger partial charge is 0.478 e. The Morgan fingerprint density at radius 2 is 1.94 bits per heavy atom. The van der Waals surface area contributed by atoms with E-state index in [1.54, 1.807) is 12.1 Å². The summed E-state index contributed by atoms with van der Waals surface area (Å²) in [4.78, 5) is 14.1. The Morgan fingerprint density at radius 3 is 2.61 bits per heavy atom. The van der Waals surface area contributed by atoms with E-state index in [0.29, 0.717) is 29.9 Å². The van der Waals surface area contributed by atoms with Crippen molar-refractivity contribution in [1.82, 2.24) is 4.90 Å². The van der Waals surface area contributed by atoms with Gasteiger partial charge in [-0.1, -0.05) is 30.7 Å². The third-order valence-corrected chi connectivity index (χ3v) is 7.26. The summed E-state index contributed by atoms with van der Waals surface area (Å²) >= 11 is 0. The smallest absolute Gasteiger partial charge is 0.416 e. The number of rotatable bonds is 8. The van der Waals surface area contributed by atoms with Gasteiger partial charge in [-0.05, 0) is 80.4 Å². The van der Waals surface area contributed by atoms with Gasteiger partial charge >= 0.3 is 12.1 Å². The van der Waals surface area contributed by atoms with Gasteiger partial charge < -0.3 is 10.0 Å². The molecule has 2 fully saturated rings.